The number of alkyl halides is 3. The molecule has 1 N–H and O–H groups in total. The zero-order chi connectivity index (χ0) is 26.9. The van der Waals surface area contributed by atoms with Gasteiger partial charge in [0.1, 0.15) is 5.75 Å². The highest BCUT2D eigenvalue weighted by Crippen LogP contribution is 2.23. The van der Waals surface area contributed by atoms with Crippen LogP contribution >= 0.6 is 0 Å². The second-order valence-electron chi connectivity index (χ2n) is 8.33. The Morgan fingerprint density at radius 3 is 2.17 bits per heavy atom. The molecule has 12 heteroatoms. The molecule has 8 nitrogen and oxygen atoms in total. The number of aromatic nitrogens is 1. The molecule has 0 spiro atoms. The highest BCUT2D eigenvalue weighted by molar-refractivity contribution is 7.84. The number of hydrogen-bond donors (Lipinski definition) is 1. The lowest BCUT2D eigenvalue weighted by molar-refractivity contribution is -0.192. The Hall–Kier alpha value is -3.15. The zero-order valence-electron chi connectivity index (χ0n) is 20.2. The van der Waals surface area contributed by atoms with Crippen LogP contribution in [0.3, 0.4) is 0 Å². The van der Waals surface area contributed by atoms with E-state index in [0.717, 1.165) is 34.7 Å². The summed E-state index contributed by atoms with van der Waals surface area (Å²) in [4.78, 5) is 27.9. The van der Waals surface area contributed by atoms with Gasteiger partial charge in [0.25, 0.3) is 0 Å². The van der Waals surface area contributed by atoms with Gasteiger partial charge in [-0.3, -0.25) is 9.19 Å². The molecule has 0 aliphatic carbocycles. The van der Waals surface area contributed by atoms with E-state index < -0.39 is 22.9 Å². The van der Waals surface area contributed by atoms with E-state index in [2.05, 4.69) is 4.98 Å². The van der Waals surface area contributed by atoms with Crippen LogP contribution in [-0.2, 0) is 20.3 Å². The van der Waals surface area contributed by atoms with E-state index in [9.17, 15) is 22.2 Å². The Balaban J connectivity index is 0.000000572. The van der Waals surface area contributed by atoms with E-state index in [0.29, 0.717) is 25.6 Å². The van der Waals surface area contributed by atoms with Crippen LogP contribution < -0.4 is 4.74 Å². The molecular weight excluding hydrogens is 501 g/mol. The molecule has 1 saturated heterocycles. The first kappa shape index (κ1) is 29.1. The lowest BCUT2D eigenvalue weighted by Crippen LogP contribution is -2.40. The highest BCUT2D eigenvalue weighted by atomic mass is 32.2. The van der Waals surface area contributed by atoms with Crippen molar-refractivity contribution in [1.82, 2.24) is 9.88 Å². The number of halogens is 3. The SMILES string of the molecule is CC(C)OC(=O)N1CCC(COc2ccc(-c3ccc(S(C)=O)cc3)nc2)CC1.O=C(O)C(F)(F)F. The number of ether oxygens (including phenoxy) is 2. The predicted molar refractivity (Wildman–Crippen MR) is 127 cm³/mol. The number of carboxylic acids is 1. The Morgan fingerprint density at radius 1 is 1.14 bits per heavy atom. The molecule has 198 valence electrons. The summed E-state index contributed by atoms with van der Waals surface area (Å²) in [6.07, 6.45) is -0.185. The van der Waals surface area contributed by atoms with Gasteiger partial charge >= 0.3 is 18.2 Å². The van der Waals surface area contributed by atoms with E-state index in [1.165, 1.54) is 0 Å². The molecule has 1 aromatic heterocycles. The fourth-order valence-corrected chi connectivity index (χ4v) is 3.75. The third kappa shape index (κ3) is 9.48. The summed E-state index contributed by atoms with van der Waals surface area (Å²) in [5, 5.41) is 7.12. The highest BCUT2D eigenvalue weighted by Gasteiger charge is 2.38. The van der Waals surface area contributed by atoms with Crippen molar-refractivity contribution in [3.05, 3.63) is 42.6 Å². The van der Waals surface area contributed by atoms with Gasteiger partial charge in [0, 0.05) is 40.6 Å². The standard InChI is InChI=1S/C22H28N2O4S.C2HF3O2/c1-16(2)28-22(25)24-12-10-17(11-13-24)15-27-19-6-9-21(23-14-19)18-4-7-20(8-5-18)29(3)26;3-2(4,5)1(6)7/h4-9,14,16-17H,10-13,15H2,1-3H3;(H,6,7). The van der Waals surface area contributed by atoms with Crippen molar-refractivity contribution >= 4 is 22.9 Å². The molecule has 0 radical (unpaired) electrons. The summed E-state index contributed by atoms with van der Waals surface area (Å²) < 4.78 is 54.4. The number of carbonyl (C=O) groups excluding carboxylic acids is 1. The predicted octanol–water partition coefficient (Wildman–Crippen LogP) is 4.76. The minimum absolute atomic E-state index is 0.0902. The first-order valence-electron chi connectivity index (χ1n) is 11.1. The Labute approximate surface area is 209 Å². The van der Waals surface area contributed by atoms with Crippen molar-refractivity contribution in [2.45, 2.75) is 43.9 Å². The summed E-state index contributed by atoms with van der Waals surface area (Å²) in [6, 6.07) is 11.4. The third-order valence-corrected chi connectivity index (χ3v) is 6.09. The van der Waals surface area contributed by atoms with Gasteiger partial charge in [-0.1, -0.05) is 12.1 Å². The number of rotatable bonds is 6. The van der Waals surface area contributed by atoms with E-state index >= 15 is 0 Å². The van der Waals surface area contributed by atoms with E-state index in [1.807, 2.05) is 50.2 Å². The summed E-state index contributed by atoms with van der Waals surface area (Å²) in [7, 11) is -0.980. The molecule has 1 fully saturated rings. The monoisotopic (exact) mass is 530 g/mol. The van der Waals surface area contributed by atoms with E-state index in [1.54, 1.807) is 17.4 Å². The first-order valence-corrected chi connectivity index (χ1v) is 12.7. The molecule has 2 heterocycles. The number of hydrogen-bond acceptors (Lipinski definition) is 6. The minimum atomic E-state index is -5.08. The van der Waals surface area contributed by atoms with Crippen LogP contribution in [0.2, 0.25) is 0 Å². The molecule has 36 heavy (non-hydrogen) atoms. The van der Waals surface area contributed by atoms with Crippen molar-refractivity contribution < 1.29 is 41.5 Å². The van der Waals surface area contributed by atoms with Crippen LogP contribution in [-0.4, -0.2) is 69.5 Å². The molecule has 1 aliphatic rings. The summed E-state index contributed by atoms with van der Waals surface area (Å²) in [6.45, 7) is 5.75. The normalized spacial score (nSPS) is 15.0. The molecule has 0 saturated carbocycles. The van der Waals surface area contributed by atoms with Gasteiger partial charge < -0.3 is 19.5 Å². The maximum atomic E-state index is 11.9. The number of piperidine rings is 1. The zero-order valence-corrected chi connectivity index (χ0v) is 21.0. The number of pyridine rings is 1. The van der Waals surface area contributed by atoms with Gasteiger partial charge in [-0.25, -0.2) is 9.59 Å². The molecule has 1 aromatic carbocycles. The van der Waals surface area contributed by atoms with Gasteiger partial charge in [0.05, 0.1) is 24.6 Å². The summed E-state index contributed by atoms with van der Waals surface area (Å²) >= 11 is 0. The van der Waals surface area contributed by atoms with Crippen molar-refractivity contribution in [1.29, 1.82) is 0 Å². The van der Waals surface area contributed by atoms with Gasteiger partial charge in [0.2, 0.25) is 0 Å². The van der Waals surface area contributed by atoms with Crippen molar-refractivity contribution in [3.63, 3.8) is 0 Å². The molecule has 1 aliphatic heterocycles. The number of nitrogens with zero attached hydrogens (tertiary/aromatic N) is 2. The fourth-order valence-electron chi connectivity index (χ4n) is 3.23. The van der Waals surface area contributed by atoms with Gasteiger partial charge in [0.15, 0.2) is 0 Å². The topological polar surface area (TPSA) is 106 Å². The molecule has 1 unspecified atom stereocenters. The Morgan fingerprint density at radius 2 is 1.72 bits per heavy atom. The summed E-state index contributed by atoms with van der Waals surface area (Å²) in [5.41, 5.74) is 1.83. The molecule has 3 rings (SSSR count). The van der Waals surface area contributed by atoms with Gasteiger partial charge in [-0.15, -0.1) is 0 Å². The lowest BCUT2D eigenvalue weighted by atomic mass is 9.98. The average molecular weight is 531 g/mol. The smallest absolute Gasteiger partial charge is 0.490 e. The molecule has 0 bridgehead atoms. The third-order valence-electron chi connectivity index (χ3n) is 5.16. The minimum Gasteiger partial charge on any atom is -0.492 e. The Bertz CT molecular complexity index is 1020. The van der Waals surface area contributed by atoms with Crippen molar-refractivity contribution in [3.8, 4) is 17.0 Å². The molecule has 1 atom stereocenters. The number of carboxylic acid groups (broad SMARTS) is 1. The number of amides is 1. The molecule has 2 aromatic rings. The van der Waals surface area contributed by atoms with E-state index in [4.69, 9.17) is 19.4 Å². The van der Waals surface area contributed by atoms with Crippen LogP contribution in [0.5, 0.6) is 5.75 Å². The van der Waals surface area contributed by atoms with Crippen LogP contribution in [0.4, 0.5) is 18.0 Å². The van der Waals surface area contributed by atoms with Crippen LogP contribution in [0.25, 0.3) is 11.3 Å². The lowest BCUT2D eigenvalue weighted by Gasteiger charge is -2.31. The van der Waals surface area contributed by atoms with Crippen LogP contribution in [0, 0.1) is 5.92 Å². The number of carbonyl (C=O) groups is 2. The van der Waals surface area contributed by atoms with Crippen LogP contribution in [0.1, 0.15) is 26.7 Å². The molecule has 1 amide bonds. The first-order chi connectivity index (χ1) is 16.9. The van der Waals surface area contributed by atoms with Crippen molar-refractivity contribution in [2.75, 3.05) is 26.0 Å². The molecular formula is C24H29F3N2O6S. The average Bonchev–Trinajstić information content (AvgIpc) is 2.83. The number of likely N-dealkylation sites (tertiary alicyclic amines) is 1. The quantitative estimate of drug-likeness (QED) is 0.574. The Kier molecular flexibility index (Phi) is 10.7. The van der Waals surface area contributed by atoms with Crippen LogP contribution in [0.15, 0.2) is 47.5 Å². The number of benzene rings is 1. The maximum Gasteiger partial charge on any atom is 0.490 e. The second-order valence-corrected chi connectivity index (χ2v) is 9.71. The van der Waals surface area contributed by atoms with Crippen molar-refractivity contribution in [2.24, 2.45) is 5.92 Å². The van der Waals surface area contributed by atoms with Gasteiger partial charge in [-0.2, -0.15) is 13.2 Å². The van der Waals surface area contributed by atoms with E-state index in [-0.39, 0.29) is 12.2 Å². The number of aliphatic carboxylic acids is 1. The fraction of sp³-hybridized carbons (Fsp3) is 0.458. The van der Waals surface area contributed by atoms with Gasteiger partial charge in [-0.05, 0) is 56.9 Å². The maximum absolute atomic E-state index is 11.9. The second kappa shape index (κ2) is 13.2. The summed E-state index contributed by atoms with van der Waals surface area (Å²) in [5.74, 6) is -1.60. The largest absolute Gasteiger partial charge is 0.492 e.